The minimum atomic E-state index is -0.358. The van der Waals surface area contributed by atoms with Crippen LogP contribution in [0.5, 0.6) is 0 Å². The number of rotatable bonds is 6. The molecule has 4 heterocycles. The van der Waals surface area contributed by atoms with E-state index in [9.17, 15) is 0 Å². The molecule has 9 aromatic carbocycles. The van der Waals surface area contributed by atoms with Gasteiger partial charge < -0.3 is 18.0 Å². The summed E-state index contributed by atoms with van der Waals surface area (Å²) in [5.41, 5.74) is 12.4. The summed E-state index contributed by atoms with van der Waals surface area (Å²) in [5.74, 6) is -0.716. The second-order valence-corrected chi connectivity index (χ2v) is 16.6. The molecule has 0 atom stereocenters. The SMILES string of the molecule is CCc1c(-c2ccccc2F)c(-n2c3ccccc3c3ccc4c5ccccc5oc4c32)c(CC)c(-n2c3ccccc3c3ccc4c5ccccc5oc4c32)c1-c1ccccc1F. The molecular weight excluding hydrogens is 795 g/mol. The molecule has 6 heteroatoms. The third-order valence-corrected chi connectivity index (χ3v) is 13.4. The zero-order valence-corrected chi connectivity index (χ0v) is 35.0. The number of nitrogens with zero attached hydrogens (tertiary/aromatic N) is 2. The highest BCUT2D eigenvalue weighted by Gasteiger charge is 2.33. The van der Waals surface area contributed by atoms with Gasteiger partial charge in [-0.15, -0.1) is 0 Å². The number of para-hydroxylation sites is 4. The first kappa shape index (κ1) is 36.7. The maximum Gasteiger partial charge on any atom is 0.160 e. The smallest absolute Gasteiger partial charge is 0.160 e. The normalized spacial score (nSPS) is 12.2. The number of hydrogen-bond donors (Lipinski definition) is 0. The van der Waals surface area contributed by atoms with E-state index in [-0.39, 0.29) is 11.6 Å². The Balaban J connectivity index is 1.34. The minimum absolute atomic E-state index is 0.358. The van der Waals surface area contributed by atoms with Gasteiger partial charge in [-0.2, -0.15) is 0 Å². The number of benzene rings is 9. The van der Waals surface area contributed by atoms with Crippen molar-refractivity contribution in [3.05, 3.63) is 193 Å². The number of furan rings is 2. The lowest BCUT2D eigenvalue weighted by molar-refractivity contribution is 0.630. The van der Waals surface area contributed by atoms with Gasteiger partial charge in [-0.05, 0) is 66.9 Å². The molecular formula is C58H38F2N2O2. The van der Waals surface area contributed by atoms with Gasteiger partial charge in [-0.3, -0.25) is 0 Å². The van der Waals surface area contributed by atoms with Gasteiger partial charge in [-0.1, -0.05) is 135 Å². The molecule has 13 rings (SSSR count). The van der Waals surface area contributed by atoms with Crippen LogP contribution in [-0.2, 0) is 12.8 Å². The maximum atomic E-state index is 17.0. The summed E-state index contributed by atoms with van der Waals surface area (Å²) in [4.78, 5) is 0. The molecule has 0 saturated heterocycles. The molecule has 64 heavy (non-hydrogen) atoms. The van der Waals surface area contributed by atoms with Crippen LogP contribution in [0.2, 0.25) is 0 Å². The minimum Gasteiger partial charge on any atom is -0.454 e. The van der Waals surface area contributed by atoms with Crippen molar-refractivity contribution in [2.24, 2.45) is 0 Å². The van der Waals surface area contributed by atoms with Gasteiger partial charge in [0.2, 0.25) is 0 Å². The summed E-state index contributed by atoms with van der Waals surface area (Å²) < 4.78 is 52.5. The molecule has 0 aliphatic heterocycles. The van der Waals surface area contributed by atoms with Crippen LogP contribution in [0.4, 0.5) is 8.78 Å². The van der Waals surface area contributed by atoms with Crippen LogP contribution in [-0.4, -0.2) is 9.13 Å². The van der Waals surface area contributed by atoms with Crippen LogP contribution in [0.25, 0.3) is 121 Å². The third-order valence-electron chi connectivity index (χ3n) is 13.4. The first-order valence-corrected chi connectivity index (χ1v) is 21.9. The molecule has 306 valence electrons. The Morgan fingerprint density at radius 1 is 0.375 bits per heavy atom. The van der Waals surface area contributed by atoms with Crippen molar-refractivity contribution in [3.63, 3.8) is 0 Å². The van der Waals surface area contributed by atoms with Crippen molar-refractivity contribution < 1.29 is 17.6 Å². The number of halogens is 2. The third kappa shape index (κ3) is 4.91. The van der Waals surface area contributed by atoms with Crippen LogP contribution >= 0.6 is 0 Å². The Kier molecular flexibility index (Phi) is 7.89. The van der Waals surface area contributed by atoms with Crippen LogP contribution < -0.4 is 0 Å². The van der Waals surface area contributed by atoms with Crippen molar-refractivity contribution >= 4 is 87.5 Å². The van der Waals surface area contributed by atoms with Crippen molar-refractivity contribution in [1.29, 1.82) is 0 Å². The highest BCUT2D eigenvalue weighted by atomic mass is 19.1. The molecule has 4 nitrogen and oxygen atoms in total. The fourth-order valence-corrected chi connectivity index (χ4v) is 10.8. The average molecular weight is 833 g/mol. The number of fused-ring (bicyclic) bond motifs is 14. The summed E-state index contributed by atoms with van der Waals surface area (Å²) in [6, 6.07) is 55.8. The largest absolute Gasteiger partial charge is 0.454 e. The zero-order valence-electron chi connectivity index (χ0n) is 35.0. The second-order valence-electron chi connectivity index (χ2n) is 16.6. The second kappa shape index (κ2) is 13.8. The molecule has 0 aliphatic rings. The predicted molar refractivity (Wildman–Crippen MR) is 259 cm³/mol. The van der Waals surface area contributed by atoms with Gasteiger partial charge in [0.05, 0.1) is 33.4 Å². The molecule has 4 aromatic heterocycles. The van der Waals surface area contributed by atoms with Gasteiger partial charge in [0.25, 0.3) is 0 Å². The van der Waals surface area contributed by atoms with Crippen LogP contribution in [0, 0.1) is 11.6 Å². The fourth-order valence-electron chi connectivity index (χ4n) is 10.8. The Morgan fingerprint density at radius 2 is 0.750 bits per heavy atom. The Labute approximate surface area is 365 Å². The van der Waals surface area contributed by atoms with Crippen LogP contribution in [0.1, 0.15) is 25.0 Å². The quantitative estimate of drug-likeness (QED) is 0.167. The first-order chi connectivity index (χ1) is 31.6. The monoisotopic (exact) mass is 832 g/mol. The van der Waals surface area contributed by atoms with Crippen LogP contribution in [0.15, 0.2) is 179 Å². The topological polar surface area (TPSA) is 36.1 Å². The molecule has 0 spiro atoms. The molecule has 0 amide bonds. The van der Waals surface area contributed by atoms with E-state index in [4.69, 9.17) is 8.83 Å². The lowest BCUT2D eigenvalue weighted by Gasteiger charge is -2.29. The van der Waals surface area contributed by atoms with E-state index < -0.39 is 0 Å². The van der Waals surface area contributed by atoms with Crippen molar-refractivity contribution in [2.45, 2.75) is 26.7 Å². The highest BCUT2D eigenvalue weighted by molar-refractivity contribution is 6.24. The summed E-state index contributed by atoms with van der Waals surface area (Å²) in [5, 5.41) is 8.14. The molecule has 13 aromatic rings. The zero-order chi connectivity index (χ0) is 42.8. The van der Waals surface area contributed by atoms with E-state index in [2.05, 4.69) is 108 Å². The maximum absolute atomic E-state index is 17.0. The Hall–Kier alpha value is -7.96. The molecule has 0 fully saturated rings. The molecule has 0 aliphatic carbocycles. The van der Waals surface area contributed by atoms with Crippen molar-refractivity contribution in [1.82, 2.24) is 9.13 Å². The lowest BCUT2D eigenvalue weighted by atomic mass is 9.83. The van der Waals surface area contributed by atoms with Gasteiger partial charge in [0, 0.05) is 70.9 Å². The van der Waals surface area contributed by atoms with Crippen molar-refractivity contribution in [3.8, 4) is 33.6 Å². The van der Waals surface area contributed by atoms with E-state index in [1.54, 1.807) is 12.1 Å². The molecule has 0 unspecified atom stereocenters. The van der Waals surface area contributed by atoms with Gasteiger partial charge in [0.15, 0.2) is 11.2 Å². The number of hydrogen-bond acceptors (Lipinski definition) is 2. The van der Waals surface area contributed by atoms with E-state index in [1.807, 2.05) is 60.7 Å². The number of aromatic nitrogens is 2. The van der Waals surface area contributed by atoms with Gasteiger partial charge in [-0.25, -0.2) is 8.78 Å². The summed E-state index contributed by atoms with van der Waals surface area (Å²) in [7, 11) is 0. The summed E-state index contributed by atoms with van der Waals surface area (Å²) in [6.45, 7) is 4.25. The van der Waals surface area contributed by atoms with Crippen LogP contribution in [0.3, 0.4) is 0 Å². The summed E-state index contributed by atoms with van der Waals surface area (Å²) >= 11 is 0. The predicted octanol–water partition coefficient (Wildman–Crippen LogP) is 16.4. The Morgan fingerprint density at radius 3 is 1.19 bits per heavy atom. The average Bonchev–Trinajstić information content (AvgIpc) is 4.09. The van der Waals surface area contributed by atoms with E-state index in [0.29, 0.717) is 35.1 Å². The molecule has 0 bridgehead atoms. The molecule has 0 saturated carbocycles. The molecule has 0 N–H and O–H groups in total. The fraction of sp³-hybridized carbons (Fsp3) is 0.0690. The standard InChI is InChI=1S/C58H38F2N2O2/c1-3-33-51(43-21-5-11-23-45(43)59)53(61-47-25-13-7-17-35(47)39-29-31-41-37-19-9-15-27-49(37)63-57(41)55(39)61)34(4-2)54(52(33)44-22-6-12-24-46(44)60)62-48-26-14-8-18-36(48)40-30-32-42-38-20-10-16-28-50(38)64-58(42)56(40)62/h5-32H,3-4H2,1-2H3. The lowest BCUT2D eigenvalue weighted by Crippen LogP contribution is -2.14. The Bertz CT molecular complexity index is 3830. The molecule has 0 radical (unpaired) electrons. The van der Waals surface area contributed by atoms with E-state index in [1.165, 1.54) is 12.1 Å². The van der Waals surface area contributed by atoms with E-state index >= 15 is 8.78 Å². The van der Waals surface area contributed by atoms with Crippen molar-refractivity contribution in [2.75, 3.05) is 0 Å². The summed E-state index contributed by atoms with van der Waals surface area (Å²) in [6.07, 6.45) is 0.970. The van der Waals surface area contributed by atoms with E-state index in [0.717, 1.165) is 110 Å². The highest BCUT2D eigenvalue weighted by Crippen LogP contribution is 2.52. The first-order valence-electron chi connectivity index (χ1n) is 21.9. The van der Waals surface area contributed by atoms with Gasteiger partial charge >= 0.3 is 0 Å². The van der Waals surface area contributed by atoms with Gasteiger partial charge in [0.1, 0.15) is 22.8 Å².